The van der Waals surface area contributed by atoms with Crippen molar-refractivity contribution in [3.63, 3.8) is 0 Å². The van der Waals surface area contributed by atoms with Gasteiger partial charge in [-0.3, -0.25) is 4.79 Å². The lowest BCUT2D eigenvalue weighted by molar-refractivity contribution is -0.147. The zero-order chi connectivity index (χ0) is 16.5. The quantitative estimate of drug-likeness (QED) is 0.773. The molecule has 1 aliphatic carbocycles. The molecule has 0 aliphatic heterocycles. The highest BCUT2D eigenvalue weighted by Crippen LogP contribution is 2.63. The maximum atomic E-state index is 12.2. The summed E-state index contributed by atoms with van der Waals surface area (Å²) in [5.74, 6) is -1.42. The predicted octanol–water partition coefficient (Wildman–Crippen LogP) is 1.83. The Morgan fingerprint density at radius 2 is 1.91 bits per heavy atom. The van der Waals surface area contributed by atoms with Gasteiger partial charge in [0, 0.05) is 12.2 Å². The van der Waals surface area contributed by atoms with Gasteiger partial charge in [-0.05, 0) is 24.5 Å². The van der Waals surface area contributed by atoms with Crippen molar-refractivity contribution >= 4 is 15.8 Å². The second-order valence-corrected chi connectivity index (χ2v) is 7.69. The van der Waals surface area contributed by atoms with E-state index in [1.54, 1.807) is 19.1 Å². The molecule has 0 spiro atoms. The molecule has 0 bridgehead atoms. The monoisotopic (exact) mass is 321 g/mol. The standard InChI is InChI=1S/C16H19NO4S/c1-4-11-6-8-12(9-7-11)13-14(22(3,19)20)16(13,10-17)15(18)21-5-2/h6-9,13-14H,4-5H2,1-3H3/t13-,14-,16-/m0/s1. The van der Waals surface area contributed by atoms with Gasteiger partial charge in [0.2, 0.25) is 0 Å². The third-order valence-corrected chi connectivity index (χ3v) is 5.71. The number of sulfone groups is 1. The smallest absolute Gasteiger partial charge is 0.328 e. The molecule has 0 amide bonds. The minimum absolute atomic E-state index is 0.111. The normalized spacial score (nSPS) is 27.0. The van der Waals surface area contributed by atoms with Crippen LogP contribution in [0.1, 0.15) is 30.9 Å². The Hall–Kier alpha value is -1.87. The van der Waals surface area contributed by atoms with Crippen molar-refractivity contribution in [3.05, 3.63) is 35.4 Å². The fourth-order valence-electron chi connectivity index (χ4n) is 3.01. The second-order valence-electron chi connectivity index (χ2n) is 5.52. The summed E-state index contributed by atoms with van der Waals surface area (Å²) < 4.78 is 29.0. The third kappa shape index (κ3) is 2.50. The van der Waals surface area contributed by atoms with E-state index in [0.717, 1.165) is 18.2 Å². The van der Waals surface area contributed by atoms with Crippen LogP contribution >= 0.6 is 0 Å². The van der Waals surface area contributed by atoms with Gasteiger partial charge in [0.25, 0.3) is 0 Å². The zero-order valence-corrected chi connectivity index (χ0v) is 13.7. The first-order chi connectivity index (χ1) is 10.3. The first-order valence-corrected chi connectivity index (χ1v) is 9.14. The van der Waals surface area contributed by atoms with Crippen molar-refractivity contribution in [1.29, 1.82) is 5.26 Å². The van der Waals surface area contributed by atoms with Gasteiger partial charge in [-0.25, -0.2) is 8.42 Å². The number of hydrogen-bond acceptors (Lipinski definition) is 5. The summed E-state index contributed by atoms with van der Waals surface area (Å²) in [5.41, 5.74) is 0.165. The highest BCUT2D eigenvalue weighted by molar-refractivity contribution is 7.91. The number of aryl methyl sites for hydroxylation is 1. The maximum absolute atomic E-state index is 12.2. The molecule has 0 saturated heterocycles. The van der Waals surface area contributed by atoms with E-state index in [0.29, 0.717) is 5.56 Å². The van der Waals surface area contributed by atoms with Crippen molar-refractivity contribution < 1.29 is 17.9 Å². The molecular weight excluding hydrogens is 302 g/mol. The number of nitrogens with zero attached hydrogens (tertiary/aromatic N) is 1. The van der Waals surface area contributed by atoms with E-state index in [1.165, 1.54) is 0 Å². The van der Waals surface area contributed by atoms with Crippen LogP contribution in [0.15, 0.2) is 24.3 Å². The fraction of sp³-hybridized carbons (Fsp3) is 0.500. The summed E-state index contributed by atoms with van der Waals surface area (Å²) in [7, 11) is -3.55. The van der Waals surface area contributed by atoms with Gasteiger partial charge in [-0.15, -0.1) is 0 Å². The summed E-state index contributed by atoms with van der Waals surface area (Å²) >= 11 is 0. The van der Waals surface area contributed by atoms with Crippen LogP contribution in [0.2, 0.25) is 0 Å². The molecule has 1 aromatic carbocycles. The number of rotatable bonds is 5. The van der Waals surface area contributed by atoms with Crippen LogP contribution in [-0.4, -0.2) is 32.5 Å². The zero-order valence-electron chi connectivity index (χ0n) is 12.9. The van der Waals surface area contributed by atoms with Crippen LogP contribution in [0.25, 0.3) is 0 Å². The van der Waals surface area contributed by atoms with Crippen LogP contribution < -0.4 is 0 Å². The second kappa shape index (κ2) is 5.73. The molecule has 118 valence electrons. The molecule has 1 saturated carbocycles. The number of benzene rings is 1. The van der Waals surface area contributed by atoms with E-state index >= 15 is 0 Å². The minimum atomic E-state index is -3.55. The first kappa shape index (κ1) is 16.5. The van der Waals surface area contributed by atoms with Gasteiger partial charge < -0.3 is 4.74 Å². The van der Waals surface area contributed by atoms with E-state index in [9.17, 15) is 18.5 Å². The number of carbonyl (C=O) groups excluding carboxylic acids is 1. The molecule has 22 heavy (non-hydrogen) atoms. The van der Waals surface area contributed by atoms with Gasteiger partial charge in [0.15, 0.2) is 15.3 Å². The average Bonchev–Trinajstić information content (AvgIpc) is 3.18. The van der Waals surface area contributed by atoms with Crippen LogP contribution in [0.3, 0.4) is 0 Å². The molecular formula is C16H19NO4S. The van der Waals surface area contributed by atoms with Crippen molar-refractivity contribution in [2.24, 2.45) is 5.41 Å². The Morgan fingerprint density at radius 1 is 1.32 bits per heavy atom. The van der Waals surface area contributed by atoms with Crippen LogP contribution in [0, 0.1) is 16.7 Å². The average molecular weight is 321 g/mol. The fourth-order valence-corrected chi connectivity index (χ4v) is 4.77. The molecule has 3 atom stereocenters. The summed E-state index contributed by atoms with van der Waals surface area (Å²) in [6, 6.07) is 9.28. The van der Waals surface area contributed by atoms with Crippen molar-refractivity contribution in [2.75, 3.05) is 12.9 Å². The third-order valence-electron chi connectivity index (χ3n) is 4.14. The number of carbonyl (C=O) groups is 1. The van der Waals surface area contributed by atoms with Gasteiger partial charge in [0.1, 0.15) is 5.25 Å². The molecule has 0 N–H and O–H groups in total. The number of nitriles is 1. The molecule has 0 radical (unpaired) electrons. The Kier molecular flexibility index (Phi) is 4.30. The number of ether oxygens (including phenoxy) is 1. The highest BCUT2D eigenvalue weighted by atomic mass is 32.2. The van der Waals surface area contributed by atoms with E-state index in [1.807, 2.05) is 25.1 Å². The van der Waals surface area contributed by atoms with Gasteiger partial charge in [0.05, 0.1) is 12.7 Å². The number of hydrogen-bond donors (Lipinski definition) is 0. The summed E-state index contributed by atoms with van der Waals surface area (Å²) in [6.45, 7) is 3.76. The number of esters is 1. The lowest BCUT2D eigenvalue weighted by Gasteiger charge is -2.08. The molecule has 5 nitrogen and oxygen atoms in total. The predicted molar refractivity (Wildman–Crippen MR) is 81.9 cm³/mol. The summed E-state index contributed by atoms with van der Waals surface area (Å²) in [4.78, 5) is 12.2. The summed E-state index contributed by atoms with van der Waals surface area (Å²) in [5, 5.41) is 8.46. The first-order valence-electron chi connectivity index (χ1n) is 7.19. The Bertz CT molecular complexity index is 718. The molecule has 1 fully saturated rings. The van der Waals surface area contributed by atoms with Crippen LogP contribution in [-0.2, 0) is 25.8 Å². The Balaban J connectivity index is 2.47. The highest BCUT2D eigenvalue weighted by Gasteiger charge is 2.76. The van der Waals surface area contributed by atoms with E-state index < -0.39 is 32.4 Å². The van der Waals surface area contributed by atoms with Gasteiger partial charge in [-0.1, -0.05) is 31.2 Å². The van der Waals surface area contributed by atoms with E-state index in [2.05, 4.69) is 0 Å². The molecule has 0 heterocycles. The minimum Gasteiger partial charge on any atom is -0.465 e. The topological polar surface area (TPSA) is 84.2 Å². The summed E-state index contributed by atoms with van der Waals surface area (Å²) in [6.07, 6.45) is 1.92. The maximum Gasteiger partial charge on any atom is 0.328 e. The Labute approximate surface area is 130 Å². The van der Waals surface area contributed by atoms with Crippen LogP contribution in [0.5, 0.6) is 0 Å². The lowest BCUT2D eigenvalue weighted by atomic mass is 9.99. The van der Waals surface area contributed by atoms with Crippen LogP contribution in [0.4, 0.5) is 0 Å². The van der Waals surface area contributed by atoms with E-state index in [4.69, 9.17) is 4.74 Å². The SMILES string of the molecule is CCOC(=O)[C@@]1(C#N)[C@@H](c2ccc(CC)cc2)[C@@H]1S(C)(=O)=O. The van der Waals surface area contributed by atoms with Crippen molar-refractivity contribution in [1.82, 2.24) is 0 Å². The van der Waals surface area contributed by atoms with Crippen molar-refractivity contribution in [3.8, 4) is 6.07 Å². The molecule has 0 aromatic heterocycles. The van der Waals surface area contributed by atoms with Gasteiger partial charge in [-0.2, -0.15) is 5.26 Å². The van der Waals surface area contributed by atoms with Gasteiger partial charge >= 0.3 is 5.97 Å². The van der Waals surface area contributed by atoms with E-state index in [-0.39, 0.29) is 6.61 Å². The molecule has 1 aromatic rings. The largest absolute Gasteiger partial charge is 0.465 e. The van der Waals surface area contributed by atoms with Crippen molar-refractivity contribution in [2.45, 2.75) is 31.4 Å². The molecule has 0 unspecified atom stereocenters. The molecule has 1 aliphatic rings. The Morgan fingerprint density at radius 3 is 2.32 bits per heavy atom. The lowest BCUT2D eigenvalue weighted by Crippen LogP contribution is -2.24. The molecule has 6 heteroatoms. The molecule has 2 rings (SSSR count).